The van der Waals surface area contributed by atoms with Crippen molar-refractivity contribution in [2.75, 3.05) is 5.73 Å². The van der Waals surface area contributed by atoms with Gasteiger partial charge in [0.1, 0.15) is 5.75 Å². The van der Waals surface area contributed by atoms with Gasteiger partial charge in [0.25, 0.3) is 0 Å². The van der Waals surface area contributed by atoms with Crippen LogP contribution in [0.5, 0.6) is 5.75 Å². The first kappa shape index (κ1) is 12.2. The number of nitrogens with zero attached hydrogens (tertiary/aromatic N) is 2. The Kier molecular flexibility index (Phi) is 3.36. The Balaban J connectivity index is 2.35. The molecule has 2 aromatic rings. The van der Waals surface area contributed by atoms with E-state index in [4.69, 9.17) is 5.73 Å². The second-order valence-corrected chi connectivity index (χ2v) is 3.66. The zero-order valence-electron chi connectivity index (χ0n) is 9.60. The number of ether oxygens (including phenoxy) is 1. The number of aryl methyl sites for hydroxylation is 1. The van der Waals surface area contributed by atoms with Crippen molar-refractivity contribution < 1.29 is 13.5 Å². The van der Waals surface area contributed by atoms with Crippen LogP contribution in [0, 0.1) is 6.92 Å². The van der Waals surface area contributed by atoms with Gasteiger partial charge in [-0.2, -0.15) is 8.78 Å². The summed E-state index contributed by atoms with van der Waals surface area (Å²) in [6, 6.07) is 4.86. The van der Waals surface area contributed by atoms with Crippen molar-refractivity contribution in [2.45, 2.75) is 13.5 Å². The van der Waals surface area contributed by atoms with Gasteiger partial charge >= 0.3 is 6.61 Å². The molecular formula is C12H11F2N3O. The van der Waals surface area contributed by atoms with Gasteiger partial charge in [-0.1, -0.05) is 0 Å². The smallest absolute Gasteiger partial charge is 0.387 e. The van der Waals surface area contributed by atoms with Crippen LogP contribution in [-0.4, -0.2) is 16.6 Å². The lowest BCUT2D eigenvalue weighted by Crippen LogP contribution is -2.02. The minimum absolute atomic E-state index is 0.00113. The Hall–Kier alpha value is -2.24. The van der Waals surface area contributed by atoms with E-state index >= 15 is 0 Å². The number of hydrogen-bond acceptors (Lipinski definition) is 4. The second kappa shape index (κ2) is 4.95. The molecule has 2 heterocycles. The highest BCUT2D eigenvalue weighted by Crippen LogP contribution is 2.23. The fourth-order valence-corrected chi connectivity index (χ4v) is 1.46. The van der Waals surface area contributed by atoms with Gasteiger partial charge < -0.3 is 10.5 Å². The lowest BCUT2D eigenvalue weighted by molar-refractivity contribution is -0.0500. The minimum atomic E-state index is -2.87. The number of nitrogen functional groups attached to an aromatic ring is 1. The summed E-state index contributed by atoms with van der Waals surface area (Å²) < 4.78 is 28.5. The first-order chi connectivity index (χ1) is 8.56. The molecule has 0 aliphatic heterocycles. The van der Waals surface area contributed by atoms with E-state index in [-0.39, 0.29) is 5.75 Å². The van der Waals surface area contributed by atoms with E-state index in [1.165, 1.54) is 18.5 Å². The summed E-state index contributed by atoms with van der Waals surface area (Å²) in [6.45, 7) is -1.10. The standard InChI is InChI=1S/C12H11F2N3O/c1-7-10(15)2-3-11(17-7)8-4-9(6-16-5-8)18-12(13)14/h2-6,12H,15H2,1H3. The van der Waals surface area contributed by atoms with Crippen LogP contribution in [0.1, 0.15) is 5.69 Å². The zero-order chi connectivity index (χ0) is 13.1. The molecule has 0 saturated heterocycles. The number of halogens is 2. The van der Waals surface area contributed by atoms with E-state index in [9.17, 15) is 8.78 Å². The fourth-order valence-electron chi connectivity index (χ4n) is 1.46. The van der Waals surface area contributed by atoms with E-state index in [1.807, 2.05) is 0 Å². The third kappa shape index (κ3) is 2.71. The Labute approximate surface area is 102 Å². The number of anilines is 1. The van der Waals surface area contributed by atoms with Crippen molar-refractivity contribution in [1.29, 1.82) is 0 Å². The average molecular weight is 251 g/mol. The molecule has 0 unspecified atom stereocenters. The number of alkyl halides is 2. The maximum atomic E-state index is 12.1. The zero-order valence-corrected chi connectivity index (χ0v) is 9.60. The van der Waals surface area contributed by atoms with Crippen molar-refractivity contribution in [3.8, 4) is 17.0 Å². The predicted molar refractivity (Wildman–Crippen MR) is 63.2 cm³/mol. The summed E-state index contributed by atoms with van der Waals surface area (Å²) in [7, 11) is 0. The van der Waals surface area contributed by atoms with Gasteiger partial charge in [0.2, 0.25) is 0 Å². The highest BCUT2D eigenvalue weighted by atomic mass is 19.3. The van der Waals surface area contributed by atoms with Crippen LogP contribution < -0.4 is 10.5 Å². The van der Waals surface area contributed by atoms with Gasteiger partial charge in [-0.05, 0) is 25.1 Å². The predicted octanol–water partition coefficient (Wildman–Crippen LogP) is 2.64. The van der Waals surface area contributed by atoms with Crippen LogP contribution in [0.15, 0.2) is 30.6 Å². The van der Waals surface area contributed by atoms with Crippen molar-refractivity contribution >= 4 is 5.69 Å². The molecule has 2 N–H and O–H groups in total. The topological polar surface area (TPSA) is 61.0 Å². The summed E-state index contributed by atoms with van der Waals surface area (Å²) in [4.78, 5) is 8.09. The molecule has 94 valence electrons. The van der Waals surface area contributed by atoms with E-state index in [1.54, 1.807) is 19.1 Å². The van der Waals surface area contributed by atoms with Crippen LogP contribution in [-0.2, 0) is 0 Å². The monoisotopic (exact) mass is 251 g/mol. The first-order valence-electron chi connectivity index (χ1n) is 5.19. The quantitative estimate of drug-likeness (QED) is 0.910. The van der Waals surface area contributed by atoms with Gasteiger partial charge in [0.05, 0.1) is 23.3 Å². The SMILES string of the molecule is Cc1nc(-c2cncc(OC(F)F)c2)ccc1N. The molecule has 0 aromatic carbocycles. The molecule has 18 heavy (non-hydrogen) atoms. The third-order valence-corrected chi connectivity index (χ3v) is 2.36. The van der Waals surface area contributed by atoms with Crippen molar-refractivity contribution in [3.05, 3.63) is 36.3 Å². The van der Waals surface area contributed by atoms with Gasteiger partial charge in [0, 0.05) is 11.8 Å². The number of pyridine rings is 2. The Morgan fingerprint density at radius 1 is 1.28 bits per heavy atom. The molecule has 0 atom stereocenters. The Morgan fingerprint density at radius 3 is 2.72 bits per heavy atom. The maximum absolute atomic E-state index is 12.1. The van der Waals surface area contributed by atoms with Gasteiger partial charge in [-0.3, -0.25) is 9.97 Å². The molecular weight excluding hydrogens is 240 g/mol. The lowest BCUT2D eigenvalue weighted by atomic mass is 10.1. The van der Waals surface area contributed by atoms with Crippen LogP contribution in [0.2, 0.25) is 0 Å². The number of nitrogens with two attached hydrogens (primary N) is 1. The van der Waals surface area contributed by atoms with Gasteiger partial charge in [-0.15, -0.1) is 0 Å². The normalized spacial score (nSPS) is 10.7. The summed E-state index contributed by atoms with van der Waals surface area (Å²) >= 11 is 0. The highest BCUT2D eigenvalue weighted by molar-refractivity contribution is 5.62. The summed E-state index contributed by atoms with van der Waals surface area (Å²) in [5.74, 6) is -0.00113. The fraction of sp³-hybridized carbons (Fsp3) is 0.167. The molecule has 2 aromatic heterocycles. The van der Waals surface area contributed by atoms with Crippen LogP contribution in [0.3, 0.4) is 0 Å². The Bertz CT molecular complexity index is 561. The maximum Gasteiger partial charge on any atom is 0.387 e. The lowest BCUT2D eigenvalue weighted by Gasteiger charge is -2.07. The van der Waals surface area contributed by atoms with E-state index in [2.05, 4.69) is 14.7 Å². The number of hydrogen-bond donors (Lipinski definition) is 1. The van der Waals surface area contributed by atoms with Crippen LogP contribution in [0.4, 0.5) is 14.5 Å². The largest absolute Gasteiger partial charge is 0.433 e. The first-order valence-corrected chi connectivity index (χ1v) is 5.19. The second-order valence-electron chi connectivity index (χ2n) is 3.66. The van der Waals surface area contributed by atoms with E-state index < -0.39 is 6.61 Å². The van der Waals surface area contributed by atoms with Crippen molar-refractivity contribution in [2.24, 2.45) is 0 Å². The molecule has 0 spiro atoms. The molecule has 0 aliphatic carbocycles. The van der Waals surface area contributed by atoms with Gasteiger partial charge in [-0.25, -0.2) is 0 Å². The highest BCUT2D eigenvalue weighted by Gasteiger charge is 2.07. The number of rotatable bonds is 3. The summed E-state index contributed by atoms with van der Waals surface area (Å²) in [5, 5.41) is 0. The third-order valence-electron chi connectivity index (χ3n) is 2.36. The molecule has 0 fully saturated rings. The molecule has 6 heteroatoms. The average Bonchev–Trinajstić information content (AvgIpc) is 2.32. The molecule has 0 saturated carbocycles. The molecule has 4 nitrogen and oxygen atoms in total. The molecule has 0 amide bonds. The molecule has 0 radical (unpaired) electrons. The van der Waals surface area contributed by atoms with Gasteiger partial charge in [0.15, 0.2) is 0 Å². The van der Waals surface area contributed by atoms with Crippen LogP contribution >= 0.6 is 0 Å². The number of aromatic nitrogens is 2. The molecule has 0 aliphatic rings. The Morgan fingerprint density at radius 2 is 2.06 bits per heavy atom. The van der Waals surface area contributed by atoms with E-state index in [0.717, 1.165) is 0 Å². The van der Waals surface area contributed by atoms with E-state index in [0.29, 0.717) is 22.6 Å². The summed E-state index contributed by atoms with van der Waals surface area (Å²) in [6.07, 6.45) is 2.75. The molecule has 2 rings (SSSR count). The minimum Gasteiger partial charge on any atom is -0.433 e. The molecule has 0 bridgehead atoms. The summed E-state index contributed by atoms with van der Waals surface area (Å²) in [5.41, 5.74) is 8.11. The van der Waals surface area contributed by atoms with Crippen molar-refractivity contribution in [3.63, 3.8) is 0 Å². The van der Waals surface area contributed by atoms with Crippen molar-refractivity contribution in [1.82, 2.24) is 9.97 Å². The van der Waals surface area contributed by atoms with Crippen LogP contribution in [0.25, 0.3) is 11.3 Å².